The molecular weight excluding hydrogens is 660 g/mol. The van der Waals surface area contributed by atoms with Crippen molar-refractivity contribution < 1.29 is 52.5 Å². The van der Waals surface area contributed by atoms with Crippen LogP contribution in [0, 0.1) is 20.2 Å². The number of nitrogen functional groups attached to an aromatic ring is 1. The molecule has 50 heavy (non-hydrogen) atoms. The first-order valence-electron chi connectivity index (χ1n) is 14.9. The van der Waals surface area contributed by atoms with Crippen molar-refractivity contribution in [1.82, 2.24) is 0 Å². The Balaban J connectivity index is 0.000000195. The first-order chi connectivity index (χ1) is 24.2. The summed E-state index contributed by atoms with van der Waals surface area (Å²) in [5, 5.41) is 24.4. The van der Waals surface area contributed by atoms with Gasteiger partial charge in [-0.1, -0.05) is 0 Å². The van der Waals surface area contributed by atoms with Crippen LogP contribution in [0.25, 0.3) is 0 Å². The number of nitrogens with zero attached hydrogens (tertiary/aromatic N) is 2. The highest BCUT2D eigenvalue weighted by Gasteiger charge is 2.22. The average molecular weight is 693 g/mol. The summed E-state index contributed by atoms with van der Waals surface area (Å²) in [5.41, 5.74) is 6.83. The Morgan fingerprint density at radius 2 is 1.14 bits per heavy atom. The Morgan fingerprint density at radius 3 is 1.58 bits per heavy atom. The smallest absolute Gasteiger partial charge is 0.296 e. The number of nitrogens with one attached hydrogen (secondary N) is 1. The summed E-state index contributed by atoms with van der Waals surface area (Å²) in [6.45, 7) is 2.13. The van der Waals surface area contributed by atoms with Crippen molar-refractivity contribution in [3.8, 4) is 34.5 Å². The van der Waals surface area contributed by atoms with E-state index in [1.807, 2.05) is 0 Å². The van der Waals surface area contributed by atoms with E-state index in [1.54, 1.807) is 42.5 Å². The maximum absolute atomic E-state index is 11.2. The SMILES string of the molecule is COc1cc(C2OCCO2)ccc1Oc1ccc(N)c([N+](=O)[O-])c1.COc1cc(C2OCCO2)ccc1Oc1ccc(NC=O)c([N+](=O)[O-])c1. The van der Waals surface area contributed by atoms with E-state index in [0.29, 0.717) is 55.8 Å². The lowest BCUT2D eigenvalue weighted by Crippen LogP contribution is -2.01. The summed E-state index contributed by atoms with van der Waals surface area (Å²) < 4.78 is 43.8. The highest BCUT2D eigenvalue weighted by molar-refractivity contribution is 5.78. The van der Waals surface area contributed by atoms with Crippen LogP contribution in [0.5, 0.6) is 34.5 Å². The van der Waals surface area contributed by atoms with Gasteiger partial charge < -0.3 is 48.9 Å². The van der Waals surface area contributed by atoms with Gasteiger partial charge in [0.25, 0.3) is 11.4 Å². The lowest BCUT2D eigenvalue weighted by molar-refractivity contribution is -0.384. The molecule has 0 spiro atoms. The van der Waals surface area contributed by atoms with E-state index in [1.165, 1.54) is 44.6 Å². The highest BCUT2D eigenvalue weighted by Crippen LogP contribution is 2.39. The van der Waals surface area contributed by atoms with Gasteiger partial charge in [0.05, 0.1) is 62.6 Å². The van der Waals surface area contributed by atoms with Gasteiger partial charge in [-0.2, -0.15) is 0 Å². The number of carbonyl (C=O) groups is 1. The summed E-state index contributed by atoms with van der Waals surface area (Å²) in [5.74, 6) is 2.20. The fourth-order valence-electron chi connectivity index (χ4n) is 4.84. The molecule has 0 aromatic heterocycles. The van der Waals surface area contributed by atoms with E-state index in [4.69, 9.17) is 43.6 Å². The molecule has 2 saturated heterocycles. The number of nitrogens with two attached hydrogens (primary N) is 1. The van der Waals surface area contributed by atoms with Crippen molar-refractivity contribution in [3.63, 3.8) is 0 Å². The van der Waals surface area contributed by atoms with Gasteiger partial charge in [-0.25, -0.2) is 0 Å². The molecule has 0 aliphatic carbocycles. The largest absolute Gasteiger partial charge is 0.493 e. The first-order valence-corrected chi connectivity index (χ1v) is 14.9. The predicted octanol–water partition coefficient (Wildman–Crippen LogP) is 6.03. The lowest BCUT2D eigenvalue weighted by Gasteiger charge is -2.14. The van der Waals surface area contributed by atoms with Crippen molar-refractivity contribution in [2.45, 2.75) is 12.6 Å². The van der Waals surface area contributed by atoms with Crippen LogP contribution in [0.2, 0.25) is 0 Å². The molecule has 6 rings (SSSR count). The molecule has 0 saturated carbocycles. The van der Waals surface area contributed by atoms with Gasteiger partial charge in [0.2, 0.25) is 6.41 Å². The fourth-order valence-corrected chi connectivity index (χ4v) is 4.84. The minimum absolute atomic E-state index is 0.0743. The number of amides is 1. The summed E-state index contributed by atoms with van der Waals surface area (Å²) in [4.78, 5) is 31.5. The number of ether oxygens (including phenoxy) is 8. The Hall–Kier alpha value is -6.01. The van der Waals surface area contributed by atoms with Crippen LogP contribution in [0.15, 0.2) is 72.8 Å². The molecule has 2 aliphatic rings. The van der Waals surface area contributed by atoms with Crippen LogP contribution in [-0.4, -0.2) is 56.9 Å². The average Bonchev–Trinajstić information content (AvgIpc) is 3.86. The number of hydrogen-bond donors (Lipinski definition) is 2. The number of nitro groups is 2. The quantitative estimate of drug-likeness (QED) is 0.0750. The summed E-state index contributed by atoms with van der Waals surface area (Å²) >= 11 is 0. The second-order valence-electron chi connectivity index (χ2n) is 10.3. The lowest BCUT2D eigenvalue weighted by atomic mass is 10.2. The number of carbonyl (C=O) groups excluding carboxylic acids is 1. The molecule has 17 nitrogen and oxygen atoms in total. The van der Waals surface area contributed by atoms with Crippen LogP contribution in [0.1, 0.15) is 23.7 Å². The Bertz CT molecular complexity index is 1840. The molecule has 262 valence electrons. The molecule has 17 heteroatoms. The number of nitro benzene ring substituents is 2. The summed E-state index contributed by atoms with van der Waals surface area (Å²) in [7, 11) is 3.00. The number of hydrogen-bond acceptors (Lipinski definition) is 14. The monoisotopic (exact) mass is 692 g/mol. The van der Waals surface area contributed by atoms with Gasteiger partial charge >= 0.3 is 0 Å². The van der Waals surface area contributed by atoms with Crippen molar-refractivity contribution in [2.24, 2.45) is 0 Å². The summed E-state index contributed by atoms with van der Waals surface area (Å²) in [6, 6.07) is 18.8. The van der Waals surface area contributed by atoms with Gasteiger partial charge in [-0.3, -0.25) is 25.0 Å². The molecule has 2 heterocycles. The van der Waals surface area contributed by atoms with Crippen LogP contribution >= 0.6 is 0 Å². The van der Waals surface area contributed by atoms with Crippen LogP contribution < -0.4 is 30.0 Å². The molecule has 1 amide bonds. The third-order valence-corrected chi connectivity index (χ3v) is 7.20. The maximum Gasteiger partial charge on any atom is 0.296 e. The van der Waals surface area contributed by atoms with Crippen LogP contribution in [0.4, 0.5) is 22.7 Å². The summed E-state index contributed by atoms with van der Waals surface area (Å²) in [6.07, 6.45) is -0.504. The normalized spacial score (nSPS) is 14.3. The molecular formula is C33H32N4O13. The van der Waals surface area contributed by atoms with Crippen molar-refractivity contribution in [3.05, 3.63) is 104 Å². The number of anilines is 2. The van der Waals surface area contributed by atoms with Gasteiger partial charge in [0, 0.05) is 11.1 Å². The molecule has 0 radical (unpaired) electrons. The second kappa shape index (κ2) is 16.4. The van der Waals surface area contributed by atoms with E-state index in [0.717, 1.165) is 11.1 Å². The zero-order valence-electron chi connectivity index (χ0n) is 26.8. The Kier molecular flexibility index (Phi) is 11.6. The Morgan fingerprint density at radius 1 is 0.680 bits per heavy atom. The third kappa shape index (κ3) is 8.52. The van der Waals surface area contributed by atoms with Crippen molar-refractivity contribution in [1.29, 1.82) is 0 Å². The van der Waals surface area contributed by atoms with Gasteiger partial charge in [-0.15, -0.1) is 0 Å². The highest BCUT2D eigenvalue weighted by atomic mass is 16.7. The fraction of sp³-hybridized carbons (Fsp3) is 0.242. The predicted molar refractivity (Wildman–Crippen MR) is 176 cm³/mol. The van der Waals surface area contributed by atoms with Crippen molar-refractivity contribution >= 4 is 29.2 Å². The van der Waals surface area contributed by atoms with Crippen molar-refractivity contribution in [2.75, 3.05) is 51.7 Å². The van der Waals surface area contributed by atoms with E-state index < -0.39 is 22.4 Å². The molecule has 2 aliphatic heterocycles. The zero-order valence-corrected chi connectivity index (χ0v) is 26.8. The molecule has 3 N–H and O–H groups in total. The third-order valence-electron chi connectivity index (χ3n) is 7.20. The topological polar surface area (TPSA) is 215 Å². The molecule has 0 atom stereocenters. The van der Waals surface area contributed by atoms with E-state index in [9.17, 15) is 25.0 Å². The van der Waals surface area contributed by atoms with E-state index >= 15 is 0 Å². The van der Waals surface area contributed by atoms with Crippen LogP contribution in [-0.2, 0) is 23.7 Å². The number of methoxy groups -OCH3 is 2. The minimum Gasteiger partial charge on any atom is -0.493 e. The van der Waals surface area contributed by atoms with Gasteiger partial charge in [0.1, 0.15) is 22.9 Å². The first kappa shape index (κ1) is 35.3. The van der Waals surface area contributed by atoms with E-state index in [-0.39, 0.29) is 34.2 Å². The zero-order chi connectivity index (χ0) is 35.6. The minimum atomic E-state index is -0.603. The van der Waals surface area contributed by atoms with Gasteiger partial charge in [-0.05, 0) is 60.7 Å². The molecule has 0 bridgehead atoms. The Labute approximate surface area is 284 Å². The molecule has 2 fully saturated rings. The number of benzene rings is 4. The molecule has 0 unspecified atom stereocenters. The standard InChI is InChI=1S/C17H16N2O7.C16H16N2O6/c1-23-16-8-11(17-24-6-7-25-17)2-5-15(16)26-12-3-4-13(18-10-20)14(9-12)19(21)22;1-21-15-8-10(16-22-6-7-23-16)2-5-14(15)24-11-3-4-12(17)13(9-11)18(19)20/h2-5,8-10,17H,6-7H2,1H3,(H,18,20);2-5,8-9,16H,6-7,17H2,1H3. The van der Waals surface area contributed by atoms with Gasteiger partial charge in [0.15, 0.2) is 35.6 Å². The molecule has 4 aromatic carbocycles. The maximum atomic E-state index is 11.2. The number of rotatable bonds is 12. The molecule has 4 aromatic rings. The second-order valence-corrected chi connectivity index (χ2v) is 10.3. The van der Waals surface area contributed by atoms with Crippen LogP contribution in [0.3, 0.4) is 0 Å². The van der Waals surface area contributed by atoms with E-state index in [2.05, 4.69) is 5.32 Å².